The predicted molar refractivity (Wildman–Crippen MR) is 128 cm³/mol. The van der Waals surface area contributed by atoms with Gasteiger partial charge in [-0.25, -0.2) is 4.98 Å². The van der Waals surface area contributed by atoms with Crippen LogP contribution in [0.2, 0.25) is 0 Å². The lowest BCUT2D eigenvalue weighted by atomic mass is 10.0. The summed E-state index contributed by atoms with van der Waals surface area (Å²) in [6.07, 6.45) is 0.955. The van der Waals surface area contributed by atoms with Crippen LogP contribution in [0.1, 0.15) is 27.9 Å². The molecule has 1 aromatic heterocycles. The van der Waals surface area contributed by atoms with E-state index in [4.69, 9.17) is 0 Å². The molecule has 3 aromatic carbocycles. The van der Waals surface area contributed by atoms with Crippen LogP contribution >= 0.6 is 0 Å². The summed E-state index contributed by atoms with van der Waals surface area (Å²) in [5, 5.41) is 0. The number of hydrogen-bond acceptors (Lipinski definition) is 4. The molecule has 2 aliphatic heterocycles. The highest BCUT2D eigenvalue weighted by Gasteiger charge is 2.37. The molecule has 6 rings (SSSR count). The third-order valence-corrected chi connectivity index (χ3v) is 6.79. The van der Waals surface area contributed by atoms with Gasteiger partial charge in [-0.1, -0.05) is 54.6 Å². The van der Waals surface area contributed by atoms with Gasteiger partial charge in [0.25, 0.3) is 11.5 Å². The molecule has 0 aliphatic carbocycles. The number of aromatic nitrogens is 2. The van der Waals surface area contributed by atoms with Gasteiger partial charge in [-0.15, -0.1) is 0 Å². The van der Waals surface area contributed by atoms with E-state index in [1.807, 2.05) is 53.4 Å². The fourth-order valence-corrected chi connectivity index (χ4v) is 5.14. The standard InChI is InChI=1S/C27H24N4O2/c32-26-25(28-23-11-4-5-12-24(23)29-26)20-9-6-10-21-22(20)17-31(27(21)33)19-13-14-30(16-19)15-18-7-2-1-3-8-18/h1-12,19H,13-17H2,(H,29,32). The van der Waals surface area contributed by atoms with E-state index in [1.54, 1.807) is 0 Å². The van der Waals surface area contributed by atoms with Gasteiger partial charge in [0.2, 0.25) is 0 Å². The van der Waals surface area contributed by atoms with Crippen molar-refractivity contribution in [3.8, 4) is 11.3 Å². The normalized spacial score (nSPS) is 18.2. The first kappa shape index (κ1) is 19.9. The summed E-state index contributed by atoms with van der Waals surface area (Å²) in [7, 11) is 0. The average Bonchev–Trinajstić information content (AvgIpc) is 3.43. The first-order valence-corrected chi connectivity index (χ1v) is 11.4. The molecule has 1 atom stereocenters. The third-order valence-electron chi connectivity index (χ3n) is 6.79. The zero-order valence-electron chi connectivity index (χ0n) is 18.2. The third kappa shape index (κ3) is 3.52. The van der Waals surface area contributed by atoms with E-state index in [0.29, 0.717) is 23.3 Å². The van der Waals surface area contributed by atoms with Crippen molar-refractivity contribution < 1.29 is 4.79 Å². The van der Waals surface area contributed by atoms with E-state index in [9.17, 15) is 9.59 Å². The number of para-hydroxylation sites is 2. The minimum Gasteiger partial charge on any atom is -0.330 e. The minimum absolute atomic E-state index is 0.0515. The summed E-state index contributed by atoms with van der Waals surface area (Å²) in [6, 6.07) is 23.7. The number of nitrogens with one attached hydrogen (secondary N) is 1. The molecule has 4 aromatic rings. The Labute approximate surface area is 191 Å². The molecule has 164 valence electrons. The lowest BCUT2D eigenvalue weighted by molar-refractivity contribution is 0.0707. The molecule has 3 heterocycles. The molecule has 2 aliphatic rings. The van der Waals surface area contributed by atoms with Crippen LogP contribution in [0.5, 0.6) is 0 Å². The van der Waals surface area contributed by atoms with Crippen LogP contribution < -0.4 is 5.56 Å². The van der Waals surface area contributed by atoms with E-state index in [0.717, 1.165) is 42.7 Å². The van der Waals surface area contributed by atoms with Crippen molar-refractivity contribution in [2.24, 2.45) is 0 Å². The average molecular weight is 437 g/mol. The van der Waals surface area contributed by atoms with Crippen LogP contribution in [-0.4, -0.2) is 44.8 Å². The van der Waals surface area contributed by atoms with Crippen LogP contribution in [0, 0.1) is 0 Å². The van der Waals surface area contributed by atoms with E-state index in [1.165, 1.54) is 5.56 Å². The second-order valence-electron chi connectivity index (χ2n) is 8.86. The smallest absolute Gasteiger partial charge is 0.274 e. The number of rotatable bonds is 4. The Morgan fingerprint density at radius 1 is 0.909 bits per heavy atom. The molecule has 0 spiro atoms. The van der Waals surface area contributed by atoms with Crippen molar-refractivity contribution in [2.75, 3.05) is 13.1 Å². The fourth-order valence-electron chi connectivity index (χ4n) is 5.14. The number of carbonyl (C=O) groups is 1. The Morgan fingerprint density at radius 3 is 2.58 bits per heavy atom. The van der Waals surface area contributed by atoms with Crippen LogP contribution in [-0.2, 0) is 13.1 Å². The molecule has 6 nitrogen and oxygen atoms in total. The number of aromatic amines is 1. The number of amides is 1. The quantitative estimate of drug-likeness (QED) is 0.528. The van der Waals surface area contributed by atoms with Gasteiger partial charge in [0, 0.05) is 43.3 Å². The van der Waals surface area contributed by atoms with Crippen LogP contribution in [0.4, 0.5) is 0 Å². The Bertz CT molecular complexity index is 1410. The Balaban J connectivity index is 1.28. The summed E-state index contributed by atoms with van der Waals surface area (Å²) in [5.41, 5.74) is 5.20. The SMILES string of the molecule is O=C1c2cccc(-c3nc4ccccc4[nH]c3=O)c2CN1C1CCN(Cc2ccccc2)C1. The van der Waals surface area contributed by atoms with E-state index in [2.05, 4.69) is 39.1 Å². The van der Waals surface area contributed by atoms with Crippen molar-refractivity contribution in [3.05, 3.63) is 99.8 Å². The van der Waals surface area contributed by atoms with Gasteiger partial charge in [0.1, 0.15) is 5.69 Å². The van der Waals surface area contributed by atoms with Gasteiger partial charge in [-0.2, -0.15) is 0 Å². The minimum atomic E-state index is -0.233. The molecule has 1 unspecified atom stereocenters. The summed E-state index contributed by atoms with van der Waals surface area (Å²) in [6.45, 7) is 3.24. The van der Waals surface area contributed by atoms with E-state index < -0.39 is 0 Å². The van der Waals surface area contributed by atoms with Crippen molar-refractivity contribution in [1.82, 2.24) is 19.8 Å². The van der Waals surface area contributed by atoms with Crippen molar-refractivity contribution >= 4 is 16.9 Å². The molecule has 0 saturated carbocycles. The maximum Gasteiger partial charge on any atom is 0.274 e. The number of likely N-dealkylation sites (tertiary alicyclic amines) is 1. The molecule has 0 bridgehead atoms. The topological polar surface area (TPSA) is 69.3 Å². The molecule has 0 radical (unpaired) electrons. The van der Waals surface area contributed by atoms with Gasteiger partial charge < -0.3 is 9.88 Å². The Hall–Kier alpha value is -3.77. The summed E-state index contributed by atoms with van der Waals surface area (Å²) in [5.74, 6) is 0.0515. The van der Waals surface area contributed by atoms with E-state index >= 15 is 0 Å². The first-order valence-electron chi connectivity index (χ1n) is 11.4. The molecule has 1 saturated heterocycles. The molecular formula is C27H24N4O2. The molecule has 1 fully saturated rings. The number of fused-ring (bicyclic) bond motifs is 2. The van der Waals surface area contributed by atoms with Gasteiger partial charge in [0.05, 0.1) is 11.0 Å². The van der Waals surface area contributed by atoms with Gasteiger partial charge in [-0.05, 0) is 35.7 Å². The molecule has 6 heteroatoms. The molecule has 33 heavy (non-hydrogen) atoms. The molecular weight excluding hydrogens is 412 g/mol. The fraction of sp³-hybridized carbons (Fsp3) is 0.222. The highest BCUT2D eigenvalue weighted by Crippen LogP contribution is 2.34. The monoisotopic (exact) mass is 436 g/mol. The molecule has 1 amide bonds. The first-order chi connectivity index (χ1) is 16.2. The van der Waals surface area contributed by atoms with Gasteiger partial charge in [-0.3, -0.25) is 14.5 Å². The van der Waals surface area contributed by atoms with Crippen LogP contribution in [0.25, 0.3) is 22.3 Å². The maximum absolute atomic E-state index is 13.3. The molecule has 1 N–H and O–H groups in total. The maximum atomic E-state index is 13.3. The number of carbonyl (C=O) groups excluding carboxylic acids is 1. The highest BCUT2D eigenvalue weighted by molar-refractivity contribution is 6.00. The number of nitrogens with zero attached hydrogens (tertiary/aromatic N) is 3. The van der Waals surface area contributed by atoms with Crippen molar-refractivity contribution in [2.45, 2.75) is 25.6 Å². The summed E-state index contributed by atoms with van der Waals surface area (Å²) >= 11 is 0. The lowest BCUT2D eigenvalue weighted by Gasteiger charge is -2.24. The number of hydrogen-bond donors (Lipinski definition) is 1. The Morgan fingerprint density at radius 2 is 1.70 bits per heavy atom. The van der Waals surface area contributed by atoms with Gasteiger partial charge >= 0.3 is 0 Å². The van der Waals surface area contributed by atoms with Gasteiger partial charge in [0.15, 0.2) is 0 Å². The largest absolute Gasteiger partial charge is 0.330 e. The summed E-state index contributed by atoms with van der Waals surface area (Å²) in [4.78, 5) is 38.1. The van der Waals surface area contributed by atoms with Crippen molar-refractivity contribution in [3.63, 3.8) is 0 Å². The second kappa shape index (κ2) is 7.98. The van der Waals surface area contributed by atoms with Crippen LogP contribution in [0.3, 0.4) is 0 Å². The Kier molecular flexibility index (Phi) is 4.80. The highest BCUT2D eigenvalue weighted by atomic mass is 16.2. The number of benzene rings is 3. The summed E-state index contributed by atoms with van der Waals surface area (Å²) < 4.78 is 0. The lowest BCUT2D eigenvalue weighted by Crippen LogP contribution is -2.37. The second-order valence-corrected chi connectivity index (χ2v) is 8.86. The number of H-pyrrole nitrogens is 1. The zero-order valence-corrected chi connectivity index (χ0v) is 18.2. The van der Waals surface area contributed by atoms with E-state index in [-0.39, 0.29) is 17.5 Å². The zero-order chi connectivity index (χ0) is 22.4. The predicted octanol–water partition coefficient (Wildman–Crippen LogP) is 3.82. The van der Waals surface area contributed by atoms with Crippen molar-refractivity contribution in [1.29, 1.82) is 0 Å². The van der Waals surface area contributed by atoms with Crippen LogP contribution in [0.15, 0.2) is 77.6 Å².